The number of aromatic nitrogens is 2. The van der Waals surface area contributed by atoms with E-state index >= 15 is 0 Å². The van der Waals surface area contributed by atoms with Crippen molar-refractivity contribution in [3.63, 3.8) is 0 Å². The predicted octanol–water partition coefficient (Wildman–Crippen LogP) is 0.768. The Bertz CT molecular complexity index is 631. The molecular formula is C10H6N2O2. The molecule has 0 spiro atoms. The SMILES string of the molecule is O=C1C=Cc2cc3cccn3c(=O)n21. The van der Waals surface area contributed by atoms with Crippen molar-refractivity contribution in [2.24, 2.45) is 0 Å². The highest BCUT2D eigenvalue weighted by Gasteiger charge is 2.16. The zero-order valence-corrected chi connectivity index (χ0v) is 7.18. The summed E-state index contributed by atoms with van der Waals surface area (Å²) in [5, 5.41) is 0. The fourth-order valence-corrected chi connectivity index (χ4v) is 1.70. The third-order valence-corrected chi connectivity index (χ3v) is 2.35. The van der Waals surface area contributed by atoms with Crippen molar-refractivity contribution in [1.29, 1.82) is 0 Å². The van der Waals surface area contributed by atoms with Gasteiger partial charge in [-0.25, -0.2) is 9.36 Å². The van der Waals surface area contributed by atoms with Crippen LogP contribution in [0.5, 0.6) is 0 Å². The minimum Gasteiger partial charge on any atom is -0.269 e. The number of hydrogen-bond donors (Lipinski definition) is 0. The second-order valence-corrected chi connectivity index (χ2v) is 3.16. The van der Waals surface area contributed by atoms with Crippen LogP contribution in [0.2, 0.25) is 0 Å². The Morgan fingerprint density at radius 1 is 1.14 bits per heavy atom. The second kappa shape index (κ2) is 2.23. The molecule has 2 aromatic rings. The first-order valence-corrected chi connectivity index (χ1v) is 4.23. The fourth-order valence-electron chi connectivity index (χ4n) is 1.70. The summed E-state index contributed by atoms with van der Waals surface area (Å²) in [5.74, 6) is -0.277. The molecule has 0 saturated heterocycles. The third-order valence-electron chi connectivity index (χ3n) is 2.35. The molecule has 0 aliphatic carbocycles. The maximum absolute atomic E-state index is 11.8. The molecule has 4 nitrogen and oxygen atoms in total. The van der Waals surface area contributed by atoms with Gasteiger partial charge in [0.05, 0.1) is 11.2 Å². The summed E-state index contributed by atoms with van der Waals surface area (Å²) in [6, 6.07) is 5.42. The zero-order chi connectivity index (χ0) is 9.71. The highest BCUT2D eigenvalue weighted by Crippen LogP contribution is 2.11. The molecule has 0 amide bonds. The molecule has 1 aliphatic heterocycles. The number of carbonyl (C=O) groups is 1. The molecule has 0 unspecified atom stereocenters. The maximum Gasteiger partial charge on any atom is 0.340 e. The van der Waals surface area contributed by atoms with Crippen LogP contribution in [0.15, 0.2) is 35.3 Å². The number of rotatable bonds is 0. The highest BCUT2D eigenvalue weighted by molar-refractivity contribution is 5.99. The number of allylic oxidation sites excluding steroid dienone is 1. The van der Waals surface area contributed by atoms with Gasteiger partial charge < -0.3 is 0 Å². The van der Waals surface area contributed by atoms with Crippen LogP contribution >= 0.6 is 0 Å². The van der Waals surface area contributed by atoms with Crippen molar-refractivity contribution < 1.29 is 4.79 Å². The van der Waals surface area contributed by atoms with Crippen LogP contribution in [0.3, 0.4) is 0 Å². The van der Waals surface area contributed by atoms with Gasteiger partial charge in [-0.3, -0.25) is 9.20 Å². The molecule has 0 bridgehead atoms. The Morgan fingerprint density at radius 2 is 2.00 bits per heavy atom. The first-order chi connectivity index (χ1) is 6.77. The van der Waals surface area contributed by atoms with E-state index in [-0.39, 0.29) is 11.6 Å². The fraction of sp³-hybridized carbons (Fsp3) is 0. The molecule has 68 valence electrons. The van der Waals surface area contributed by atoms with Crippen LogP contribution in [-0.4, -0.2) is 14.9 Å². The Labute approximate surface area is 78.7 Å². The zero-order valence-electron chi connectivity index (χ0n) is 7.18. The van der Waals surface area contributed by atoms with E-state index in [4.69, 9.17) is 0 Å². The van der Waals surface area contributed by atoms with Crippen molar-refractivity contribution in [3.8, 4) is 0 Å². The van der Waals surface area contributed by atoms with Gasteiger partial charge in [0.15, 0.2) is 0 Å². The van der Waals surface area contributed by atoms with E-state index in [0.29, 0.717) is 5.69 Å². The topological polar surface area (TPSA) is 43.5 Å². The van der Waals surface area contributed by atoms with E-state index in [1.54, 1.807) is 18.3 Å². The van der Waals surface area contributed by atoms with Gasteiger partial charge in [0, 0.05) is 12.3 Å². The van der Waals surface area contributed by atoms with Crippen molar-refractivity contribution in [2.45, 2.75) is 0 Å². The molecular weight excluding hydrogens is 180 g/mol. The largest absolute Gasteiger partial charge is 0.340 e. The molecule has 1 aliphatic rings. The summed E-state index contributed by atoms with van der Waals surface area (Å²) in [5.41, 5.74) is 1.14. The van der Waals surface area contributed by atoms with Crippen LogP contribution in [0, 0.1) is 0 Å². The van der Waals surface area contributed by atoms with Gasteiger partial charge in [-0.2, -0.15) is 0 Å². The highest BCUT2D eigenvalue weighted by atomic mass is 16.2. The van der Waals surface area contributed by atoms with Gasteiger partial charge in [0.1, 0.15) is 0 Å². The lowest BCUT2D eigenvalue weighted by Crippen LogP contribution is -2.29. The van der Waals surface area contributed by atoms with Crippen LogP contribution in [0.1, 0.15) is 10.5 Å². The number of nitrogens with zero attached hydrogens (tertiary/aromatic N) is 2. The minimum atomic E-state index is -0.308. The van der Waals surface area contributed by atoms with Gasteiger partial charge in [-0.1, -0.05) is 0 Å². The summed E-state index contributed by atoms with van der Waals surface area (Å²) in [6.07, 6.45) is 4.70. The maximum atomic E-state index is 11.8. The molecule has 0 atom stereocenters. The van der Waals surface area contributed by atoms with Gasteiger partial charge in [-0.15, -0.1) is 0 Å². The van der Waals surface area contributed by atoms with Crippen LogP contribution < -0.4 is 5.69 Å². The van der Waals surface area contributed by atoms with Crippen molar-refractivity contribution in [3.05, 3.63) is 46.7 Å². The Kier molecular flexibility index (Phi) is 1.16. The first kappa shape index (κ1) is 7.32. The van der Waals surface area contributed by atoms with Gasteiger partial charge in [-0.05, 0) is 24.3 Å². The van der Waals surface area contributed by atoms with Gasteiger partial charge in [0.2, 0.25) is 0 Å². The van der Waals surface area contributed by atoms with Crippen molar-refractivity contribution in [2.75, 3.05) is 0 Å². The first-order valence-electron chi connectivity index (χ1n) is 4.23. The van der Waals surface area contributed by atoms with E-state index in [1.807, 2.05) is 12.1 Å². The Balaban J connectivity index is 2.58. The predicted molar refractivity (Wildman–Crippen MR) is 51.3 cm³/mol. The third kappa shape index (κ3) is 0.724. The molecule has 3 rings (SSSR count). The lowest BCUT2D eigenvalue weighted by molar-refractivity contribution is 0.0968. The van der Waals surface area contributed by atoms with Crippen LogP contribution in [0.25, 0.3) is 11.6 Å². The van der Waals surface area contributed by atoms with Crippen molar-refractivity contribution in [1.82, 2.24) is 8.97 Å². The standard InChI is InChI=1S/C10H6N2O2/c13-9-4-3-8-6-7-2-1-5-11(7)10(14)12(8)9/h1-6H. The van der Waals surface area contributed by atoms with Gasteiger partial charge >= 0.3 is 5.69 Å². The molecule has 0 radical (unpaired) electrons. The lowest BCUT2D eigenvalue weighted by atomic mass is 10.3. The smallest absolute Gasteiger partial charge is 0.269 e. The number of carbonyl (C=O) groups excluding carboxylic acids is 1. The molecule has 0 saturated carbocycles. The number of fused-ring (bicyclic) bond motifs is 2. The molecule has 3 heterocycles. The average Bonchev–Trinajstić information content (AvgIpc) is 2.74. The van der Waals surface area contributed by atoms with Gasteiger partial charge in [0.25, 0.3) is 5.91 Å². The van der Waals surface area contributed by atoms with E-state index < -0.39 is 0 Å². The Hall–Kier alpha value is -2.10. The minimum absolute atomic E-state index is 0.277. The molecule has 2 aromatic heterocycles. The summed E-state index contributed by atoms with van der Waals surface area (Å²) >= 11 is 0. The monoisotopic (exact) mass is 186 g/mol. The lowest BCUT2D eigenvalue weighted by Gasteiger charge is -2.02. The summed E-state index contributed by atoms with van der Waals surface area (Å²) in [7, 11) is 0. The van der Waals surface area contributed by atoms with Crippen LogP contribution in [-0.2, 0) is 0 Å². The summed E-state index contributed by atoms with van der Waals surface area (Å²) in [4.78, 5) is 23.1. The van der Waals surface area contributed by atoms with E-state index in [1.165, 1.54) is 10.5 Å². The Morgan fingerprint density at radius 3 is 2.86 bits per heavy atom. The second-order valence-electron chi connectivity index (χ2n) is 3.16. The average molecular weight is 186 g/mol. The number of hydrogen-bond acceptors (Lipinski definition) is 2. The molecule has 0 fully saturated rings. The molecule has 0 N–H and O–H groups in total. The van der Waals surface area contributed by atoms with Crippen LogP contribution in [0.4, 0.5) is 0 Å². The normalized spacial score (nSPS) is 13.9. The molecule has 0 aromatic carbocycles. The summed E-state index contributed by atoms with van der Waals surface area (Å²) < 4.78 is 2.61. The molecule has 14 heavy (non-hydrogen) atoms. The van der Waals surface area contributed by atoms with E-state index in [2.05, 4.69) is 0 Å². The molecule has 4 heteroatoms. The summed E-state index contributed by atoms with van der Waals surface area (Å²) in [6.45, 7) is 0. The van der Waals surface area contributed by atoms with E-state index in [9.17, 15) is 9.59 Å². The van der Waals surface area contributed by atoms with E-state index in [0.717, 1.165) is 10.1 Å². The quantitative estimate of drug-likeness (QED) is 0.609. The van der Waals surface area contributed by atoms with Crippen molar-refractivity contribution >= 4 is 17.5 Å².